The van der Waals surface area contributed by atoms with Gasteiger partial charge in [0.2, 0.25) is 0 Å². The van der Waals surface area contributed by atoms with Crippen LogP contribution >= 0.6 is 0 Å². The third kappa shape index (κ3) is 5.85. The van der Waals surface area contributed by atoms with E-state index in [0.717, 1.165) is 38.8 Å². The second kappa shape index (κ2) is 9.79. The molecule has 5 nitrogen and oxygen atoms in total. The first-order chi connectivity index (χ1) is 14.3. The Balaban J connectivity index is 1.61. The van der Waals surface area contributed by atoms with Crippen LogP contribution in [-0.2, 0) is 10.2 Å². The van der Waals surface area contributed by atoms with Gasteiger partial charge in [0, 0.05) is 13.1 Å². The highest BCUT2D eigenvalue weighted by molar-refractivity contribution is 6.04. The van der Waals surface area contributed by atoms with Gasteiger partial charge in [0.05, 0.1) is 11.3 Å². The molecular formula is C25H32N2O3. The highest BCUT2D eigenvalue weighted by Crippen LogP contribution is 2.24. The highest BCUT2D eigenvalue weighted by atomic mass is 16.5. The van der Waals surface area contributed by atoms with Crippen LogP contribution in [0.15, 0.2) is 48.5 Å². The van der Waals surface area contributed by atoms with Crippen molar-refractivity contribution in [3.63, 3.8) is 0 Å². The number of carbonyl (C=O) groups is 2. The number of hydrogen-bond donors (Lipinski definition) is 1. The molecule has 0 radical (unpaired) electrons. The Morgan fingerprint density at radius 2 is 1.57 bits per heavy atom. The molecule has 0 atom stereocenters. The molecule has 0 saturated carbocycles. The normalized spacial score (nSPS) is 14.7. The standard InChI is InChI=1S/C25H32N2O3/c1-25(2,3)19-12-14-20(15-13-19)30-18-23(28)26-22-11-7-6-10-21(22)24(29)27-16-8-4-5-9-17-27/h6-7,10-15H,4-5,8-9,16-18H2,1-3H3,(H,26,28). The minimum Gasteiger partial charge on any atom is -0.484 e. The molecule has 1 aliphatic heterocycles. The van der Waals surface area contributed by atoms with Crippen molar-refractivity contribution in [2.75, 3.05) is 25.0 Å². The molecule has 1 fully saturated rings. The Bertz CT molecular complexity index is 861. The van der Waals surface area contributed by atoms with Crippen molar-refractivity contribution in [2.24, 2.45) is 0 Å². The Hall–Kier alpha value is -2.82. The van der Waals surface area contributed by atoms with Crippen LogP contribution < -0.4 is 10.1 Å². The summed E-state index contributed by atoms with van der Waals surface area (Å²) in [5, 5.41) is 2.84. The molecule has 2 aromatic rings. The lowest BCUT2D eigenvalue weighted by molar-refractivity contribution is -0.118. The summed E-state index contributed by atoms with van der Waals surface area (Å²) in [4.78, 5) is 27.3. The Labute approximate surface area is 179 Å². The summed E-state index contributed by atoms with van der Waals surface area (Å²) in [5.41, 5.74) is 2.34. The van der Waals surface area contributed by atoms with Crippen LogP contribution in [0.2, 0.25) is 0 Å². The van der Waals surface area contributed by atoms with Crippen LogP contribution in [0, 0.1) is 0 Å². The van der Waals surface area contributed by atoms with E-state index in [2.05, 4.69) is 26.1 Å². The van der Waals surface area contributed by atoms with Gasteiger partial charge in [-0.3, -0.25) is 9.59 Å². The molecule has 2 amide bonds. The smallest absolute Gasteiger partial charge is 0.262 e. The number of ether oxygens (including phenoxy) is 1. The van der Waals surface area contributed by atoms with Gasteiger partial charge in [-0.05, 0) is 48.1 Å². The highest BCUT2D eigenvalue weighted by Gasteiger charge is 2.20. The zero-order valence-corrected chi connectivity index (χ0v) is 18.2. The topological polar surface area (TPSA) is 58.6 Å². The van der Waals surface area contributed by atoms with Crippen LogP contribution in [-0.4, -0.2) is 36.4 Å². The molecule has 0 aromatic heterocycles. The Kier molecular flexibility index (Phi) is 7.14. The molecule has 0 bridgehead atoms. The fourth-order valence-corrected chi connectivity index (χ4v) is 3.61. The second-order valence-corrected chi connectivity index (χ2v) is 8.86. The van der Waals surface area contributed by atoms with Crippen LogP contribution in [0.1, 0.15) is 62.4 Å². The number of amides is 2. The molecule has 30 heavy (non-hydrogen) atoms. The average Bonchev–Trinajstić information content (AvgIpc) is 3.01. The SMILES string of the molecule is CC(C)(C)c1ccc(OCC(=O)Nc2ccccc2C(=O)N2CCCCCC2)cc1. The number of benzene rings is 2. The van der Waals surface area contributed by atoms with E-state index in [1.54, 1.807) is 12.1 Å². The maximum absolute atomic E-state index is 13.0. The van der Waals surface area contributed by atoms with E-state index in [1.807, 2.05) is 41.3 Å². The average molecular weight is 409 g/mol. The Morgan fingerprint density at radius 1 is 0.933 bits per heavy atom. The van der Waals surface area contributed by atoms with Gasteiger partial charge in [-0.25, -0.2) is 0 Å². The van der Waals surface area contributed by atoms with Crippen LogP contribution in [0.5, 0.6) is 5.75 Å². The molecule has 0 aliphatic carbocycles. The van der Waals surface area contributed by atoms with Gasteiger partial charge in [-0.1, -0.05) is 57.9 Å². The molecule has 2 aromatic carbocycles. The summed E-state index contributed by atoms with van der Waals surface area (Å²) in [6, 6.07) is 15.0. The maximum Gasteiger partial charge on any atom is 0.262 e. The molecule has 0 unspecified atom stereocenters. The summed E-state index contributed by atoms with van der Waals surface area (Å²) in [5.74, 6) is 0.338. The minimum absolute atomic E-state index is 0.0218. The first-order valence-electron chi connectivity index (χ1n) is 10.8. The molecule has 3 rings (SSSR count). The number of carbonyl (C=O) groups excluding carboxylic acids is 2. The van der Waals surface area contributed by atoms with Gasteiger partial charge in [0.25, 0.3) is 11.8 Å². The largest absolute Gasteiger partial charge is 0.484 e. The molecule has 160 valence electrons. The molecule has 1 N–H and O–H groups in total. The fourth-order valence-electron chi connectivity index (χ4n) is 3.61. The molecule has 1 saturated heterocycles. The first-order valence-corrected chi connectivity index (χ1v) is 10.8. The first kappa shape index (κ1) is 21.9. The lowest BCUT2D eigenvalue weighted by Gasteiger charge is -2.22. The summed E-state index contributed by atoms with van der Waals surface area (Å²) in [7, 11) is 0. The summed E-state index contributed by atoms with van der Waals surface area (Å²) in [6.45, 7) is 7.90. The van der Waals surface area contributed by atoms with E-state index in [1.165, 1.54) is 5.56 Å². The van der Waals surface area contributed by atoms with E-state index < -0.39 is 0 Å². The molecule has 0 spiro atoms. The van der Waals surface area contributed by atoms with Gasteiger partial charge in [-0.15, -0.1) is 0 Å². The van der Waals surface area contributed by atoms with Crippen molar-refractivity contribution in [2.45, 2.75) is 51.9 Å². The van der Waals surface area contributed by atoms with Gasteiger partial charge in [0.1, 0.15) is 5.75 Å². The maximum atomic E-state index is 13.0. The van der Waals surface area contributed by atoms with Gasteiger partial charge < -0.3 is 15.0 Å². The summed E-state index contributed by atoms with van der Waals surface area (Å²) >= 11 is 0. The monoisotopic (exact) mass is 408 g/mol. The predicted molar refractivity (Wildman–Crippen MR) is 120 cm³/mol. The van der Waals surface area contributed by atoms with E-state index in [0.29, 0.717) is 17.0 Å². The molecule has 1 heterocycles. The van der Waals surface area contributed by atoms with Crippen molar-refractivity contribution in [3.05, 3.63) is 59.7 Å². The van der Waals surface area contributed by atoms with E-state index in [4.69, 9.17) is 4.74 Å². The van der Waals surface area contributed by atoms with Gasteiger partial charge >= 0.3 is 0 Å². The van der Waals surface area contributed by atoms with Crippen LogP contribution in [0.25, 0.3) is 0 Å². The lowest BCUT2D eigenvalue weighted by atomic mass is 9.87. The third-order valence-electron chi connectivity index (χ3n) is 5.42. The molecular weight excluding hydrogens is 376 g/mol. The quantitative estimate of drug-likeness (QED) is 0.756. The zero-order chi connectivity index (χ0) is 21.6. The van der Waals surface area contributed by atoms with E-state index in [-0.39, 0.29) is 23.8 Å². The van der Waals surface area contributed by atoms with E-state index in [9.17, 15) is 9.59 Å². The van der Waals surface area contributed by atoms with Crippen molar-refractivity contribution in [1.82, 2.24) is 4.90 Å². The third-order valence-corrected chi connectivity index (χ3v) is 5.42. The van der Waals surface area contributed by atoms with Crippen molar-refractivity contribution >= 4 is 17.5 Å². The second-order valence-electron chi connectivity index (χ2n) is 8.86. The Morgan fingerprint density at radius 3 is 2.20 bits per heavy atom. The molecule has 5 heteroatoms. The summed E-state index contributed by atoms with van der Waals surface area (Å²) in [6.07, 6.45) is 4.39. The number of nitrogens with zero attached hydrogens (tertiary/aromatic N) is 1. The predicted octanol–water partition coefficient (Wildman–Crippen LogP) is 5.02. The van der Waals surface area contributed by atoms with Crippen molar-refractivity contribution in [3.8, 4) is 5.75 Å². The number of rotatable bonds is 5. The van der Waals surface area contributed by atoms with Crippen LogP contribution in [0.3, 0.4) is 0 Å². The molecule has 1 aliphatic rings. The zero-order valence-electron chi connectivity index (χ0n) is 18.2. The minimum atomic E-state index is -0.286. The van der Waals surface area contributed by atoms with Crippen molar-refractivity contribution in [1.29, 1.82) is 0 Å². The number of likely N-dealkylation sites (tertiary alicyclic amines) is 1. The number of nitrogens with one attached hydrogen (secondary N) is 1. The van der Waals surface area contributed by atoms with Crippen molar-refractivity contribution < 1.29 is 14.3 Å². The number of para-hydroxylation sites is 1. The summed E-state index contributed by atoms with van der Waals surface area (Å²) < 4.78 is 5.63. The lowest BCUT2D eigenvalue weighted by Crippen LogP contribution is -2.33. The van der Waals surface area contributed by atoms with Crippen LogP contribution in [0.4, 0.5) is 5.69 Å². The fraction of sp³-hybridized carbons (Fsp3) is 0.440. The van der Waals surface area contributed by atoms with Gasteiger partial charge in [0.15, 0.2) is 6.61 Å². The van der Waals surface area contributed by atoms with E-state index >= 15 is 0 Å². The number of hydrogen-bond acceptors (Lipinski definition) is 3. The van der Waals surface area contributed by atoms with Gasteiger partial charge in [-0.2, -0.15) is 0 Å². The number of anilines is 1.